The lowest BCUT2D eigenvalue weighted by Gasteiger charge is -2.65. The van der Waals surface area contributed by atoms with E-state index in [-0.39, 0.29) is 31.0 Å². The van der Waals surface area contributed by atoms with Crippen molar-refractivity contribution < 1.29 is 68.8 Å². The van der Waals surface area contributed by atoms with Crippen molar-refractivity contribution in [2.45, 2.75) is 155 Å². The molecule has 0 amide bonds. The topological polar surface area (TPSA) is 227 Å². The summed E-state index contributed by atoms with van der Waals surface area (Å²) in [5, 5.41) is 65.2. The highest BCUT2D eigenvalue weighted by atomic mass is 16.7. The van der Waals surface area contributed by atoms with Crippen molar-refractivity contribution in [2.24, 2.45) is 39.4 Å². The number of fused-ring (bicyclic) bond motifs is 5. The van der Waals surface area contributed by atoms with E-state index in [1.165, 1.54) is 32.9 Å². The first-order valence-electron chi connectivity index (χ1n) is 18.9. The van der Waals surface area contributed by atoms with E-state index < -0.39 is 118 Å². The molecule has 5 aliphatic rings. The summed E-state index contributed by atoms with van der Waals surface area (Å²) in [7, 11) is 0. The van der Waals surface area contributed by atoms with Gasteiger partial charge in [-0.2, -0.15) is 0 Å². The molecule has 14 nitrogen and oxygen atoms in total. The number of rotatable bonds is 9. The van der Waals surface area contributed by atoms with Gasteiger partial charge in [0.15, 0.2) is 12.1 Å². The zero-order chi connectivity index (χ0) is 40.7. The number of ketones is 2. The minimum absolute atomic E-state index is 0.0595. The summed E-state index contributed by atoms with van der Waals surface area (Å²) in [5.41, 5.74) is -6.18. The number of carbonyl (C=O) groups is 4. The van der Waals surface area contributed by atoms with Gasteiger partial charge >= 0.3 is 11.9 Å². The van der Waals surface area contributed by atoms with E-state index in [0.717, 1.165) is 5.57 Å². The number of ether oxygens (including phenoxy) is 4. The Morgan fingerprint density at radius 2 is 1.57 bits per heavy atom. The number of allylic oxidation sites excluding steroid dienone is 1. The van der Waals surface area contributed by atoms with Crippen LogP contribution >= 0.6 is 0 Å². The Bertz CT molecular complexity index is 1580. The van der Waals surface area contributed by atoms with E-state index in [0.29, 0.717) is 6.42 Å². The van der Waals surface area contributed by atoms with Crippen LogP contribution in [0.1, 0.15) is 94.9 Å². The van der Waals surface area contributed by atoms with E-state index >= 15 is 4.79 Å². The third-order valence-corrected chi connectivity index (χ3v) is 14.2. The second-order valence-corrected chi connectivity index (χ2v) is 18.4. The maximum Gasteiger partial charge on any atom is 0.303 e. The zero-order valence-electron chi connectivity index (χ0n) is 33.1. The Kier molecular flexibility index (Phi) is 11.1. The van der Waals surface area contributed by atoms with Gasteiger partial charge < -0.3 is 49.6 Å². The quantitative estimate of drug-likeness (QED) is 0.112. The summed E-state index contributed by atoms with van der Waals surface area (Å²) in [6.07, 6.45) is -5.36. The number of hydrogen-bond donors (Lipinski definition) is 6. The molecule has 0 radical (unpaired) electrons. The van der Waals surface area contributed by atoms with Crippen LogP contribution in [0.25, 0.3) is 0 Å². The summed E-state index contributed by atoms with van der Waals surface area (Å²) in [6, 6.07) is 0. The second-order valence-electron chi connectivity index (χ2n) is 18.4. The van der Waals surface area contributed by atoms with Crippen molar-refractivity contribution in [1.82, 2.24) is 0 Å². The molecule has 1 aliphatic heterocycles. The molecule has 1 unspecified atom stereocenters. The first kappa shape index (κ1) is 42.6. The Morgan fingerprint density at radius 3 is 2.15 bits per heavy atom. The van der Waals surface area contributed by atoms with E-state index in [2.05, 4.69) is 6.08 Å². The van der Waals surface area contributed by atoms with Crippen LogP contribution in [0.2, 0.25) is 0 Å². The summed E-state index contributed by atoms with van der Waals surface area (Å²) < 4.78 is 23.0. The Morgan fingerprint density at radius 1 is 0.944 bits per heavy atom. The van der Waals surface area contributed by atoms with Crippen LogP contribution in [0.5, 0.6) is 0 Å². The van der Waals surface area contributed by atoms with Crippen LogP contribution in [0.15, 0.2) is 23.8 Å². The maximum absolute atomic E-state index is 15.0. The fraction of sp³-hybridized carbons (Fsp3) is 0.800. The number of esters is 2. The van der Waals surface area contributed by atoms with Gasteiger partial charge in [0.2, 0.25) is 0 Å². The van der Waals surface area contributed by atoms with Gasteiger partial charge in [-0.15, -0.1) is 0 Å². The molecule has 3 saturated carbocycles. The van der Waals surface area contributed by atoms with Gasteiger partial charge in [0.1, 0.15) is 47.5 Å². The molecule has 15 atom stereocenters. The number of Topliss-reactive ketones (excluding diaryl/α,β-unsaturated/α-hetero) is 1. The molecular weight excluding hydrogens is 704 g/mol. The average Bonchev–Trinajstić information content (AvgIpc) is 3.27. The van der Waals surface area contributed by atoms with Crippen LogP contribution in [-0.4, -0.2) is 121 Å². The van der Waals surface area contributed by atoms with Gasteiger partial charge in [-0.25, -0.2) is 0 Å². The van der Waals surface area contributed by atoms with Crippen LogP contribution in [-0.2, 0) is 38.1 Å². The molecule has 54 heavy (non-hydrogen) atoms. The second kappa shape index (κ2) is 14.1. The van der Waals surface area contributed by atoms with Crippen LogP contribution in [0.4, 0.5) is 0 Å². The average molecular weight is 765 g/mol. The highest BCUT2D eigenvalue weighted by Crippen LogP contribution is 2.74. The SMILES string of the molecule is CC(=O)O[C@@H]1C[C@@]2(C)[C@@H]3CC=C4[C@@H](C[C@H](O[C@@H]5O[C@H](CO)[C@@H](O)[C@H](O)[C@H]5O)[C@@H](O)C4(C)C)[C@]3(C)C(=O)C[C@]2(C)[C@H]1C(C)(O)C(=O)/C=C\C(C)(C)OC(C)=O. The molecule has 0 aromatic heterocycles. The fourth-order valence-corrected chi connectivity index (χ4v) is 11.3. The molecule has 4 aliphatic carbocycles. The molecule has 0 bridgehead atoms. The standard InChI is InChI=1S/C40H60O14/c1-19(42)51-24-16-37(7)26-12-11-21-22(15-23(33(49)36(21,5)6)52-34-31(48)30(47)29(46)25(18-41)53-34)39(26,9)28(45)17-38(37,8)32(24)40(10,50)27(44)13-14-35(3,4)54-20(2)43/h11,13-14,22-26,29-34,41,46-50H,12,15-18H2,1-10H3/b14-13-/t22-,23+,24-,25-,26+,29-,30+,31-,32+,33-,34-,37+,38-,39+,40?/m1/s1. The van der Waals surface area contributed by atoms with Gasteiger partial charge in [-0.3, -0.25) is 19.2 Å². The van der Waals surface area contributed by atoms with Crippen LogP contribution in [0.3, 0.4) is 0 Å². The molecule has 6 N–H and O–H groups in total. The lowest BCUT2D eigenvalue weighted by Crippen LogP contribution is -2.66. The molecule has 1 saturated heterocycles. The Balaban J connectivity index is 1.53. The van der Waals surface area contributed by atoms with Crippen molar-refractivity contribution in [3.8, 4) is 0 Å². The lowest BCUT2D eigenvalue weighted by molar-refractivity contribution is -0.323. The third kappa shape index (κ3) is 6.61. The molecular formula is C40H60O14. The van der Waals surface area contributed by atoms with Crippen LogP contribution < -0.4 is 0 Å². The number of carbonyl (C=O) groups excluding carboxylic acids is 4. The highest BCUT2D eigenvalue weighted by molar-refractivity contribution is 5.97. The minimum atomic E-state index is -2.11. The zero-order valence-corrected chi connectivity index (χ0v) is 33.1. The number of aliphatic hydroxyl groups excluding tert-OH is 5. The molecule has 304 valence electrons. The smallest absolute Gasteiger partial charge is 0.303 e. The normalized spacial score (nSPS) is 44.3. The fourth-order valence-electron chi connectivity index (χ4n) is 11.3. The maximum atomic E-state index is 15.0. The minimum Gasteiger partial charge on any atom is -0.462 e. The lowest BCUT2D eigenvalue weighted by atomic mass is 9.38. The molecule has 14 heteroatoms. The Labute approximate surface area is 316 Å². The molecule has 0 aromatic rings. The van der Waals surface area contributed by atoms with Gasteiger partial charge in [0.05, 0.1) is 18.8 Å². The van der Waals surface area contributed by atoms with E-state index in [1.807, 2.05) is 34.6 Å². The summed E-state index contributed by atoms with van der Waals surface area (Å²) in [5.74, 6) is -3.81. The van der Waals surface area contributed by atoms with Crippen molar-refractivity contribution >= 4 is 23.5 Å². The van der Waals surface area contributed by atoms with Crippen molar-refractivity contribution in [3.05, 3.63) is 23.8 Å². The molecule has 1 heterocycles. The van der Waals surface area contributed by atoms with Gasteiger partial charge in [0.25, 0.3) is 0 Å². The van der Waals surface area contributed by atoms with Crippen molar-refractivity contribution in [3.63, 3.8) is 0 Å². The largest absolute Gasteiger partial charge is 0.462 e. The monoisotopic (exact) mass is 764 g/mol. The van der Waals surface area contributed by atoms with Gasteiger partial charge in [0, 0.05) is 37.0 Å². The van der Waals surface area contributed by atoms with Crippen molar-refractivity contribution in [2.75, 3.05) is 6.61 Å². The first-order chi connectivity index (χ1) is 24.7. The summed E-state index contributed by atoms with van der Waals surface area (Å²) >= 11 is 0. The Hall–Kier alpha value is -2.56. The van der Waals surface area contributed by atoms with Crippen LogP contribution in [0, 0.1) is 39.4 Å². The molecule has 5 rings (SSSR count). The predicted molar refractivity (Wildman–Crippen MR) is 191 cm³/mol. The first-order valence-corrected chi connectivity index (χ1v) is 18.9. The van der Waals surface area contributed by atoms with E-state index in [9.17, 15) is 45.0 Å². The summed E-state index contributed by atoms with van der Waals surface area (Å²) in [4.78, 5) is 53.2. The number of aliphatic hydroxyl groups is 6. The van der Waals surface area contributed by atoms with Gasteiger partial charge in [-0.05, 0) is 74.9 Å². The van der Waals surface area contributed by atoms with E-state index in [4.69, 9.17) is 18.9 Å². The molecule has 0 aromatic carbocycles. The molecule has 0 spiro atoms. The highest BCUT2D eigenvalue weighted by Gasteiger charge is 2.75. The molecule has 4 fully saturated rings. The van der Waals surface area contributed by atoms with Gasteiger partial charge in [-0.1, -0.05) is 46.3 Å². The van der Waals surface area contributed by atoms with Crippen molar-refractivity contribution in [1.29, 1.82) is 0 Å². The third-order valence-electron chi connectivity index (χ3n) is 14.2. The predicted octanol–water partition coefficient (Wildman–Crippen LogP) is 1.69. The number of hydrogen-bond acceptors (Lipinski definition) is 14. The summed E-state index contributed by atoms with van der Waals surface area (Å²) in [6.45, 7) is 16.0. The van der Waals surface area contributed by atoms with E-state index in [1.54, 1.807) is 13.8 Å².